The van der Waals surface area contributed by atoms with E-state index in [1.54, 1.807) is 9.13 Å². The number of aromatic nitrogens is 2. The highest BCUT2D eigenvalue weighted by atomic mass is 15.2. The molecule has 580 valence electrons. The Morgan fingerprint density at radius 1 is 0.262 bits per heavy atom. The van der Waals surface area contributed by atoms with Crippen molar-refractivity contribution in [1.82, 2.24) is 9.13 Å². The van der Waals surface area contributed by atoms with Crippen molar-refractivity contribution in [3.63, 3.8) is 0 Å². The van der Waals surface area contributed by atoms with Gasteiger partial charge in [-0.15, -0.1) is 0 Å². The predicted octanol–water partition coefficient (Wildman–Crippen LogP) is 30.1. The first kappa shape index (κ1) is 57.6. The van der Waals surface area contributed by atoms with Crippen LogP contribution in [0.25, 0.3) is 165 Å². The molecular weight excluding hydrogens is 1470 g/mol. The molecule has 0 saturated heterocycles. The first-order valence-corrected chi connectivity index (χ1v) is 41.8. The molecule has 0 bridgehead atoms. The summed E-state index contributed by atoms with van der Waals surface area (Å²) >= 11 is 0. The third-order valence-corrected chi connectivity index (χ3v) is 25.9. The van der Waals surface area contributed by atoms with Gasteiger partial charge in [0.15, 0.2) is 0 Å². The molecule has 2 aliphatic heterocycles. The molecule has 21 aromatic rings. The molecule has 5 heteroatoms. The van der Waals surface area contributed by atoms with Crippen LogP contribution >= 0.6 is 0 Å². The largest absolute Gasteiger partial charge is 0.310 e. The molecule has 0 radical (unpaired) electrons. The number of hydrogen-bond donors (Lipinski definition) is 0. The van der Waals surface area contributed by atoms with Gasteiger partial charge in [-0.3, -0.25) is 0 Å². The van der Waals surface area contributed by atoms with E-state index in [9.17, 15) is 21.9 Å². The molecule has 0 atom stereocenters. The van der Waals surface area contributed by atoms with Gasteiger partial charge in [-0.05, 0) is 260 Å². The fourth-order valence-corrected chi connectivity index (χ4v) is 19.6. The van der Waals surface area contributed by atoms with Crippen LogP contribution in [0.1, 0.15) is 91.3 Å². The third-order valence-electron chi connectivity index (χ3n) is 25.9. The van der Waals surface area contributed by atoms with Crippen LogP contribution in [0.4, 0.5) is 34.1 Å². The maximum absolute atomic E-state index is 10.1. The van der Waals surface area contributed by atoms with Crippen molar-refractivity contribution < 1.29 is 21.9 Å². The Bertz CT molecular complexity index is 8600. The summed E-state index contributed by atoms with van der Waals surface area (Å²) in [6.45, 7) is 19.1. The number of para-hydroxylation sites is 4. The minimum absolute atomic E-state index is 0.0585. The average Bonchev–Trinajstić information content (AvgIpc) is 0.820. The van der Waals surface area contributed by atoms with Crippen molar-refractivity contribution in [3.8, 4) is 78.1 Å². The normalized spacial score (nSPS) is 14.6. The molecule has 0 amide bonds. The van der Waals surface area contributed by atoms with Crippen LogP contribution < -0.4 is 26.2 Å². The second-order valence-electron chi connectivity index (χ2n) is 34.8. The SMILES string of the molecule is [2H]c1c([2H])c([2H])c2c(c1[2H])c1c([2H])c([2H])c([2H])c([2H])c1n2-c1ccc2c(c1)N(c1c(-c3cccc(-c4ccccc4)c3)cc(C(C)(C)C)cc1-c1cccc(-c3ccccc3)c1)c1cc(C(C)(C)C)cc3c1B2c1ccc(-n2c4c([2H])c([2H])c([2H])c([2H])c4c4c([2H])c([2H])c([2H])c([2H])c42)cc1N3c1c(-c2ccc3ccc4ccccc4c3c2)c(C)c(C)c(C)c1-c1ccc2ccc3ccccc3c2c1. The molecule has 19 aromatic carbocycles. The Kier molecular flexibility index (Phi) is 13.1. The van der Waals surface area contributed by atoms with Crippen LogP contribution in [0, 0.1) is 20.8 Å². The lowest BCUT2D eigenvalue weighted by Crippen LogP contribution is -2.61. The van der Waals surface area contributed by atoms with E-state index in [0.29, 0.717) is 22.7 Å². The van der Waals surface area contributed by atoms with Crippen molar-refractivity contribution >= 4 is 144 Å². The van der Waals surface area contributed by atoms with Crippen molar-refractivity contribution in [1.29, 1.82) is 0 Å². The highest BCUT2D eigenvalue weighted by molar-refractivity contribution is 7.00. The van der Waals surface area contributed by atoms with Gasteiger partial charge in [0, 0.05) is 77.9 Å². The molecule has 122 heavy (non-hydrogen) atoms. The average molecular weight is 1580 g/mol. The smallest absolute Gasteiger partial charge is 0.252 e. The molecule has 23 rings (SSSR count). The standard InChI is InChI=1S/C117H89BN4/c1-72-73(2)111(85-56-54-79-52-50-77-34-16-18-40-91(77)97(79)64-85)115(112(74(72)3)86-57-55-80-53-51-78-35-17-19-41-92(78)98(80)65-86)122-108-71-90(120-105-48-26-22-44-95(105)96-45-23-27-49-106(96)120)59-61-102(108)118-101-60-58-89(119-103-46-24-20-42-93(103)94-43-21-25-47-104(94)119)70-107(101)121(109-68-88(117(7,8)9)69-110(122)113(109)118)114-99(83-38-28-36-81(62-83)75-30-12-10-13-31-75)66-87(116(4,5)6)67-100(114)84-39-29-37-82(63-84)76-32-14-11-15-33-76/h10-71H,1-9H3/i20D,21D,22D,23D,24D,25D,26D,27D,42D,43D,44D,45D,46D,47D,48D,49D. The van der Waals surface area contributed by atoms with Gasteiger partial charge in [-0.2, -0.15) is 0 Å². The number of fused-ring (bicyclic) bond motifs is 16. The van der Waals surface area contributed by atoms with Gasteiger partial charge in [-0.1, -0.05) is 320 Å². The fourth-order valence-electron chi connectivity index (χ4n) is 19.6. The van der Waals surface area contributed by atoms with E-state index in [1.165, 1.54) is 0 Å². The van der Waals surface area contributed by atoms with Gasteiger partial charge >= 0.3 is 0 Å². The number of benzene rings is 19. The van der Waals surface area contributed by atoms with E-state index in [0.717, 1.165) is 177 Å². The monoisotopic (exact) mass is 1580 g/mol. The highest BCUT2D eigenvalue weighted by Crippen LogP contribution is 2.58. The fraction of sp³-hybridized carbons (Fsp3) is 0.0940. The van der Waals surface area contributed by atoms with Crippen LogP contribution in [0.2, 0.25) is 0 Å². The lowest BCUT2D eigenvalue weighted by molar-refractivity contribution is 0.590. The lowest BCUT2D eigenvalue weighted by Gasteiger charge is -2.47. The number of rotatable bonds is 10. The number of hydrogen-bond acceptors (Lipinski definition) is 2. The zero-order chi connectivity index (χ0) is 96.1. The summed E-state index contributed by atoms with van der Waals surface area (Å²) in [5, 5.41) is 8.07. The summed E-state index contributed by atoms with van der Waals surface area (Å²) in [5.41, 5.74) is 21.4. The summed E-state index contributed by atoms with van der Waals surface area (Å²) in [6, 6.07) is 90.1. The maximum atomic E-state index is 10.1. The molecule has 0 fully saturated rings. The van der Waals surface area contributed by atoms with E-state index >= 15 is 0 Å². The Labute approximate surface area is 735 Å². The van der Waals surface area contributed by atoms with Crippen LogP contribution in [0.15, 0.2) is 376 Å². The molecule has 0 aliphatic carbocycles. The Morgan fingerprint density at radius 3 is 1.03 bits per heavy atom. The molecule has 4 heterocycles. The first-order chi connectivity index (χ1) is 66.2. The van der Waals surface area contributed by atoms with Crippen LogP contribution in [-0.2, 0) is 10.8 Å². The van der Waals surface area contributed by atoms with Crippen molar-refractivity contribution in [2.24, 2.45) is 0 Å². The zero-order valence-corrected chi connectivity index (χ0v) is 68.9. The third kappa shape index (κ3) is 11.4. The quantitative estimate of drug-likeness (QED) is 0.100. The van der Waals surface area contributed by atoms with Gasteiger partial charge < -0.3 is 18.9 Å². The summed E-state index contributed by atoms with van der Waals surface area (Å²) in [4.78, 5) is 4.83. The zero-order valence-electron chi connectivity index (χ0n) is 84.9. The molecule has 0 saturated carbocycles. The second-order valence-corrected chi connectivity index (χ2v) is 34.8. The topological polar surface area (TPSA) is 16.3 Å². The number of anilines is 6. The first-order valence-electron chi connectivity index (χ1n) is 49.8. The molecule has 0 N–H and O–H groups in total. The van der Waals surface area contributed by atoms with Crippen LogP contribution in [0.3, 0.4) is 0 Å². The summed E-state index contributed by atoms with van der Waals surface area (Å²) in [5.74, 6) is 0. The minimum Gasteiger partial charge on any atom is -0.310 e. The van der Waals surface area contributed by atoms with Gasteiger partial charge in [0.2, 0.25) is 0 Å². The summed E-state index contributed by atoms with van der Waals surface area (Å²) in [6.07, 6.45) is 0. The van der Waals surface area contributed by atoms with Gasteiger partial charge in [-0.25, -0.2) is 0 Å². The molecule has 0 spiro atoms. The summed E-state index contributed by atoms with van der Waals surface area (Å²) in [7, 11) is 0. The van der Waals surface area contributed by atoms with Crippen LogP contribution in [0.5, 0.6) is 0 Å². The lowest BCUT2D eigenvalue weighted by atomic mass is 9.33. The molecule has 2 aliphatic rings. The van der Waals surface area contributed by atoms with Crippen LogP contribution in [-0.4, -0.2) is 15.8 Å². The second kappa shape index (κ2) is 27.8. The van der Waals surface area contributed by atoms with Crippen molar-refractivity contribution in [2.75, 3.05) is 9.80 Å². The summed E-state index contributed by atoms with van der Waals surface area (Å²) < 4.78 is 158. The van der Waals surface area contributed by atoms with E-state index in [2.05, 4.69) is 291 Å². The maximum Gasteiger partial charge on any atom is 0.252 e. The molecular formula is C117H89BN4. The predicted molar refractivity (Wildman–Crippen MR) is 523 cm³/mol. The van der Waals surface area contributed by atoms with E-state index in [1.807, 2.05) is 60.7 Å². The van der Waals surface area contributed by atoms with Crippen molar-refractivity contribution in [3.05, 3.63) is 404 Å². The Hall–Kier alpha value is -14.5. The van der Waals surface area contributed by atoms with Gasteiger partial charge in [0.25, 0.3) is 6.71 Å². The minimum atomic E-state index is -0.840. The molecule has 0 unspecified atom stereocenters. The Balaban J connectivity index is 0.949. The van der Waals surface area contributed by atoms with E-state index in [4.69, 9.17) is 0 Å². The highest BCUT2D eigenvalue weighted by Gasteiger charge is 2.47. The molecule has 2 aromatic heterocycles. The van der Waals surface area contributed by atoms with E-state index < -0.39 is 114 Å². The van der Waals surface area contributed by atoms with Gasteiger partial charge in [0.05, 0.1) is 55.4 Å². The molecule has 4 nitrogen and oxygen atoms in total. The Morgan fingerprint density at radius 2 is 0.615 bits per heavy atom. The number of nitrogens with zero attached hydrogens (tertiary/aromatic N) is 4. The van der Waals surface area contributed by atoms with Crippen molar-refractivity contribution in [2.45, 2.75) is 73.1 Å². The van der Waals surface area contributed by atoms with Gasteiger partial charge in [0.1, 0.15) is 0 Å². The van der Waals surface area contributed by atoms with E-state index in [-0.39, 0.29) is 43.6 Å².